The molecule has 0 spiro atoms. The predicted molar refractivity (Wildman–Crippen MR) is 89.4 cm³/mol. The molecule has 1 amide bonds. The van der Waals surface area contributed by atoms with Crippen LogP contribution in [0.2, 0.25) is 0 Å². The molecule has 0 aromatic heterocycles. The summed E-state index contributed by atoms with van der Waals surface area (Å²) in [6.45, 7) is 0. The highest BCUT2D eigenvalue weighted by Crippen LogP contribution is 2.24. The van der Waals surface area contributed by atoms with E-state index >= 15 is 0 Å². The lowest BCUT2D eigenvalue weighted by molar-refractivity contribution is -0.383. The summed E-state index contributed by atoms with van der Waals surface area (Å²) in [4.78, 5) is 22.8. The molecule has 0 fully saturated rings. The van der Waals surface area contributed by atoms with E-state index in [2.05, 4.69) is 5.32 Å². The Morgan fingerprint density at radius 3 is 2.48 bits per heavy atom. The molecule has 0 unspecified atom stereocenters. The van der Waals surface area contributed by atoms with Crippen LogP contribution in [-0.2, 0) is 11.2 Å². The van der Waals surface area contributed by atoms with E-state index in [0.29, 0.717) is 0 Å². The number of hydrogen-bond acceptors (Lipinski definition) is 3. The van der Waals surface area contributed by atoms with Crippen molar-refractivity contribution in [2.75, 3.05) is 5.32 Å². The van der Waals surface area contributed by atoms with Crippen LogP contribution in [0.4, 0.5) is 11.4 Å². The summed E-state index contributed by atoms with van der Waals surface area (Å²) >= 11 is 0. The van der Waals surface area contributed by atoms with Crippen molar-refractivity contribution in [2.24, 2.45) is 0 Å². The minimum absolute atomic E-state index is 0.112. The Morgan fingerprint density at radius 1 is 0.957 bits per heavy atom. The molecule has 1 N–H and O–H groups in total. The van der Waals surface area contributed by atoms with Gasteiger partial charge in [0, 0.05) is 6.07 Å². The van der Waals surface area contributed by atoms with E-state index in [0.717, 1.165) is 16.3 Å². The Labute approximate surface area is 132 Å². The van der Waals surface area contributed by atoms with Gasteiger partial charge in [-0.1, -0.05) is 54.6 Å². The van der Waals surface area contributed by atoms with Crippen LogP contribution in [0.15, 0.2) is 66.7 Å². The average Bonchev–Trinajstić information content (AvgIpc) is 2.55. The van der Waals surface area contributed by atoms with Crippen LogP contribution in [0, 0.1) is 10.1 Å². The highest BCUT2D eigenvalue weighted by Gasteiger charge is 2.15. The van der Waals surface area contributed by atoms with Gasteiger partial charge >= 0.3 is 0 Å². The SMILES string of the molecule is O=C(Cc1cccc2ccccc12)Nc1ccccc1[N+](=O)[O-]. The van der Waals surface area contributed by atoms with Crippen LogP contribution in [0.1, 0.15) is 5.56 Å². The molecule has 0 heterocycles. The second kappa shape index (κ2) is 6.27. The van der Waals surface area contributed by atoms with E-state index in [1.165, 1.54) is 12.1 Å². The second-order valence-corrected chi connectivity index (χ2v) is 5.14. The largest absolute Gasteiger partial charge is 0.320 e. The second-order valence-electron chi connectivity index (χ2n) is 5.14. The molecule has 23 heavy (non-hydrogen) atoms. The molecule has 0 bridgehead atoms. The smallest absolute Gasteiger partial charge is 0.292 e. The molecular formula is C18H14N2O3. The van der Waals surface area contributed by atoms with Gasteiger partial charge in [-0.25, -0.2) is 0 Å². The van der Waals surface area contributed by atoms with E-state index in [4.69, 9.17) is 0 Å². The van der Waals surface area contributed by atoms with Crippen molar-refractivity contribution in [1.82, 2.24) is 0 Å². The summed E-state index contributed by atoms with van der Waals surface area (Å²) in [6, 6.07) is 19.7. The third-order valence-electron chi connectivity index (χ3n) is 3.61. The Hall–Kier alpha value is -3.21. The number of nitro benzene ring substituents is 1. The van der Waals surface area contributed by atoms with Gasteiger partial charge in [0.2, 0.25) is 5.91 Å². The molecule has 0 aliphatic heterocycles. The Morgan fingerprint density at radius 2 is 1.65 bits per heavy atom. The fraction of sp³-hybridized carbons (Fsp3) is 0.0556. The van der Waals surface area contributed by atoms with Crippen molar-refractivity contribution >= 4 is 28.1 Å². The lowest BCUT2D eigenvalue weighted by atomic mass is 10.0. The average molecular weight is 306 g/mol. The Bertz CT molecular complexity index is 885. The number of nitrogens with one attached hydrogen (secondary N) is 1. The van der Waals surface area contributed by atoms with Crippen LogP contribution in [0.3, 0.4) is 0 Å². The zero-order valence-electron chi connectivity index (χ0n) is 12.2. The number of amides is 1. The standard InChI is InChI=1S/C18H14N2O3/c21-18(19-16-10-3-4-11-17(16)20(22)23)12-14-8-5-7-13-6-1-2-9-15(13)14/h1-11H,12H2,(H,19,21). The van der Waals surface area contributed by atoms with Crippen molar-refractivity contribution in [3.8, 4) is 0 Å². The number of benzene rings is 3. The molecule has 0 atom stereocenters. The lowest BCUT2D eigenvalue weighted by Crippen LogP contribution is -2.15. The third-order valence-corrected chi connectivity index (χ3v) is 3.61. The van der Waals surface area contributed by atoms with Crippen molar-refractivity contribution < 1.29 is 9.72 Å². The molecule has 3 rings (SSSR count). The molecule has 5 nitrogen and oxygen atoms in total. The van der Waals surface area contributed by atoms with Crippen molar-refractivity contribution in [3.63, 3.8) is 0 Å². The first-order chi connectivity index (χ1) is 11.1. The van der Waals surface area contributed by atoms with Crippen LogP contribution >= 0.6 is 0 Å². The summed E-state index contributed by atoms with van der Waals surface area (Å²) in [5, 5.41) is 15.7. The maximum absolute atomic E-state index is 12.3. The maximum atomic E-state index is 12.3. The van der Waals surface area contributed by atoms with Gasteiger partial charge in [-0.3, -0.25) is 14.9 Å². The minimum atomic E-state index is -0.506. The fourth-order valence-electron chi connectivity index (χ4n) is 2.55. The Balaban J connectivity index is 1.84. The zero-order chi connectivity index (χ0) is 16.2. The first-order valence-corrected chi connectivity index (χ1v) is 7.15. The van der Waals surface area contributed by atoms with E-state index in [1.807, 2.05) is 42.5 Å². The summed E-state index contributed by atoms with van der Waals surface area (Å²) in [5.74, 6) is -0.282. The Kier molecular flexibility index (Phi) is 4.01. The zero-order valence-corrected chi connectivity index (χ0v) is 12.2. The van der Waals surface area contributed by atoms with Crippen molar-refractivity contribution in [2.45, 2.75) is 6.42 Å². The van der Waals surface area contributed by atoms with Gasteiger partial charge in [0.1, 0.15) is 5.69 Å². The van der Waals surface area contributed by atoms with Crippen molar-refractivity contribution in [1.29, 1.82) is 0 Å². The third kappa shape index (κ3) is 3.18. The monoisotopic (exact) mass is 306 g/mol. The first-order valence-electron chi connectivity index (χ1n) is 7.15. The normalized spacial score (nSPS) is 10.4. The number of nitrogens with zero attached hydrogens (tertiary/aromatic N) is 1. The fourth-order valence-corrected chi connectivity index (χ4v) is 2.55. The molecule has 0 saturated heterocycles. The molecule has 0 saturated carbocycles. The number of hydrogen-bond donors (Lipinski definition) is 1. The molecule has 114 valence electrons. The number of fused-ring (bicyclic) bond motifs is 1. The number of carbonyl (C=O) groups excluding carboxylic acids is 1. The van der Waals surface area contributed by atoms with Gasteiger partial charge < -0.3 is 5.32 Å². The van der Waals surface area contributed by atoms with Gasteiger partial charge in [-0.15, -0.1) is 0 Å². The molecule has 3 aromatic carbocycles. The van der Waals surface area contributed by atoms with E-state index in [-0.39, 0.29) is 23.7 Å². The number of nitro groups is 1. The number of carbonyl (C=O) groups is 1. The molecule has 5 heteroatoms. The van der Waals surface area contributed by atoms with Crippen LogP contribution in [0.25, 0.3) is 10.8 Å². The van der Waals surface area contributed by atoms with Crippen molar-refractivity contribution in [3.05, 3.63) is 82.4 Å². The topological polar surface area (TPSA) is 72.2 Å². The molecule has 0 radical (unpaired) electrons. The number of para-hydroxylation sites is 2. The van der Waals surface area contributed by atoms with Gasteiger partial charge in [-0.05, 0) is 22.4 Å². The van der Waals surface area contributed by atoms with E-state index in [1.54, 1.807) is 12.1 Å². The highest BCUT2D eigenvalue weighted by molar-refractivity contribution is 5.97. The van der Waals surface area contributed by atoms with Gasteiger partial charge in [0.05, 0.1) is 11.3 Å². The minimum Gasteiger partial charge on any atom is -0.320 e. The summed E-state index contributed by atoms with van der Waals surface area (Å²) in [6.07, 6.45) is 0.160. The lowest BCUT2D eigenvalue weighted by Gasteiger charge is -2.08. The molecule has 3 aromatic rings. The summed E-state index contributed by atoms with van der Waals surface area (Å²) < 4.78 is 0. The predicted octanol–water partition coefficient (Wildman–Crippen LogP) is 3.93. The van der Waals surface area contributed by atoms with Crippen LogP contribution in [-0.4, -0.2) is 10.8 Å². The molecule has 0 aliphatic carbocycles. The highest BCUT2D eigenvalue weighted by atomic mass is 16.6. The van der Waals surface area contributed by atoms with Crippen LogP contribution < -0.4 is 5.32 Å². The molecule has 0 aliphatic rings. The van der Waals surface area contributed by atoms with E-state index < -0.39 is 4.92 Å². The summed E-state index contributed by atoms with van der Waals surface area (Å²) in [5.41, 5.74) is 0.987. The number of rotatable bonds is 4. The van der Waals surface area contributed by atoms with Gasteiger partial charge in [0.25, 0.3) is 5.69 Å². The van der Waals surface area contributed by atoms with Crippen LogP contribution in [0.5, 0.6) is 0 Å². The number of anilines is 1. The maximum Gasteiger partial charge on any atom is 0.292 e. The summed E-state index contributed by atoms with van der Waals surface area (Å²) in [7, 11) is 0. The van der Waals surface area contributed by atoms with Gasteiger partial charge in [-0.2, -0.15) is 0 Å². The van der Waals surface area contributed by atoms with E-state index in [9.17, 15) is 14.9 Å². The quantitative estimate of drug-likeness (QED) is 0.586. The molecular weight excluding hydrogens is 292 g/mol. The van der Waals surface area contributed by atoms with Gasteiger partial charge in [0.15, 0.2) is 0 Å². The first kappa shape index (κ1) is 14.7.